The zero-order valence-electron chi connectivity index (χ0n) is 11.1. The quantitative estimate of drug-likeness (QED) is 0.611. The van der Waals surface area contributed by atoms with Gasteiger partial charge in [0.2, 0.25) is 0 Å². The Morgan fingerprint density at radius 3 is 1.86 bits per heavy atom. The molecular weight excluding hydrogens is 168 g/mol. The summed E-state index contributed by atoms with van der Waals surface area (Å²) in [6.45, 7) is 16.9. The Labute approximate surface area is 90.5 Å². The molecule has 1 fully saturated rings. The standard InChI is InChI=1S/C14H28/c1-10(2)11(3)8-12-9-13(4,5)14(12,6)7/h10-12H,8-9H2,1-7H3. The Bertz CT molecular complexity index is 198. The Morgan fingerprint density at radius 2 is 1.57 bits per heavy atom. The van der Waals surface area contributed by atoms with E-state index >= 15 is 0 Å². The molecule has 1 saturated carbocycles. The van der Waals surface area contributed by atoms with Crippen LogP contribution in [0.1, 0.15) is 61.3 Å². The minimum Gasteiger partial charge on any atom is -0.0625 e. The Hall–Kier alpha value is 0. The fourth-order valence-corrected chi connectivity index (χ4v) is 2.65. The lowest BCUT2D eigenvalue weighted by atomic mass is 9.45. The molecule has 0 saturated heterocycles. The highest BCUT2D eigenvalue weighted by Crippen LogP contribution is 2.61. The molecule has 0 spiro atoms. The fraction of sp³-hybridized carbons (Fsp3) is 1.00. The molecular formula is C14H28. The van der Waals surface area contributed by atoms with Gasteiger partial charge in [0, 0.05) is 0 Å². The summed E-state index contributed by atoms with van der Waals surface area (Å²) in [4.78, 5) is 0. The lowest BCUT2D eigenvalue weighted by Crippen LogP contribution is -2.51. The van der Waals surface area contributed by atoms with E-state index in [9.17, 15) is 0 Å². The van der Waals surface area contributed by atoms with Gasteiger partial charge >= 0.3 is 0 Å². The van der Waals surface area contributed by atoms with E-state index in [-0.39, 0.29) is 0 Å². The molecule has 1 rings (SSSR count). The minimum absolute atomic E-state index is 0.552. The largest absolute Gasteiger partial charge is 0.0625 e. The highest BCUT2D eigenvalue weighted by molar-refractivity contribution is 5.02. The smallest absolute Gasteiger partial charge is 0.0274 e. The summed E-state index contributed by atoms with van der Waals surface area (Å²) >= 11 is 0. The lowest BCUT2D eigenvalue weighted by molar-refractivity contribution is -0.105. The van der Waals surface area contributed by atoms with Gasteiger partial charge in [-0.25, -0.2) is 0 Å². The van der Waals surface area contributed by atoms with Gasteiger partial charge in [-0.15, -0.1) is 0 Å². The van der Waals surface area contributed by atoms with Crippen molar-refractivity contribution in [2.45, 2.75) is 61.3 Å². The molecule has 1 aliphatic rings. The van der Waals surface area contributed by atoms with E-state index in [4.69, 9.17) is 0 Å². The summed E-state index contributed by atoms with van der Waals surface area (Å²) in [5, 5.41) is 0. The van der Waals surface area contributed by atoms with Gasteiger partial charge in [0.1, 0.15) is 0 Å². The Morgan fingerprint density at radius 1 is 1.07 bits per heavy atom. The number of hydrogen-bond donors (Lipinski definition) is 0. The number of hydrogen-bond acceptors (Lipinski definition) is 0. The molecule has 84 valence electrons. The van der Waals surface area contributed by atoms with Crippen molar-refractivity contribution in [2.24, 2.45) is 28.6 Å². The van der Waals surface area contributed by atoms with Gasteiger partial charge in [0.05, 0.1) is 0 Å². The van der Waals surface area contributed by atoms with Crippen LogP contribution in [0.5, 0.6) is 0 Å². The molecule has 2 unspecified atom stereocenters. The first-order chi connectivity index (χ1) is 6.18. The van der Waals surface area contributed by atoms with Crippen molar-refractivity contribution in [2.75, 3.05) is 0 Å². The van der Waals surface area contributed by atoms with E-state index in [0.29, 0.717) is 10.8 Å². The molecule has 0 heteroatoms. The maximum absolute atomic E-state index is 2.45. The third-order valence-electron chi connectivity index (χ3n) is 5.32. The summed E-state index contributed by atoms with van der Waals surface area (Å²) in [7, 11) is 0. The molecule has 0 N–H and O–H groups in total. The Kier molecular flexibility index (Phi) is 3.05. The molecule has 14 heavy (non-hydrogen) atoms. The van der Waals surface area contributed by atoms with Crippen LogP contribution < -0.4 is 0 Å². The molecule has 0 aromatic heterocycles. The maximum atomic E-state index is 2.45. The van der Waals surface area contributed by atoms with Gasteiger partial charge in [-0.3, -0.25) is 0 Å². The third kappa shape index (κ3) is 1.85. The highest BCUT2D eigenvalue weighted by atomic mass is 14.6. The van der Waals surface area contributed by atoms with Crippen molar-refractivity contribution in [1.29, 1.82) is 0 Å². The summed E-state index contributed by atoms with van der Waals surface area (Å²) in [6.07, 6.45) is 2.85. The van der Waals surface area contributed by atoms with Crippen LogP contribution in [0.25, 0.3) is 0 Å². The average Bonchev–Trinajstić information content (AvgIpc) is 2.02. The molecule has 1 aliphatic carbocycles. The average molecular weight is 196 g/mol. The van der Waals surface area contributed by atoms with Crippen molar-refractivity contribution in [3.05, 3.63) is 0 Å². The maximum Gasteiger partial charge on any atom is -0.0274 e. The van der Waals surface area contributed by atoms with Crippen LogP contribution in [0.3, 0.4) is 0 Å². The monoisotopic (exact) mass is 196 g/mol. The predicted molar refractivity (Wildman–Crippen MR) is 64.3 cm³/mol. The predicted octanol–water partition coefficient (Wildman–Crippen LogP) is 4.74. The van der Waals surface area contributed by atoms with Crippen LogP contribution in [0.4, 0.5) is 0 Å². The van der Waals surface area contributed by atoms with E-state index in [1.54, 1.807) is 0 Å². The molecule has 0 radical (unpaired) electrons. The van der Waals surface area contributed by atoms with Crippen molar-refractivity contribution in [3.8, 4) is 0 Å². The molecule has 0 heterocycles. The molecule has 0 aliphatic heterocycles. The van der Waals surface area contributed by atoms with E-state index in [2.05, 4.69) is 48.5 Å². The third-order valence-corrected chi connectivity index (χ3v) is 5.32. The van der Waals surface area contributed by atoms with Crippen molar-refractivity contribution >= 4 is 0 Å². The second-order valence-corrected chi connectivity index (χ2v) is 6.96. The molecule has 0 aromatic carbocycles. The van der Waals surface area contributed by atoms with Crippen molar-refractivity contribution in [1.82, 2.24) is 0 Å². The SMILES string of the molecule is CC(C)C(C)CC1CC(C)(C)C1(C)C. The van der Waals surface area contributed by atoms with E-state index in [0.717, 1.165) is 17.8 Å². The van der Waals surface area contributed by atoms with E-state index in [1.807, 2.05) is 0 Å². The van der Waals surface area contributed by atoms with Crippen LogP contribution in [0.15, 0.2) is 0 Å². The van der Waals surface area contributed by atoms with Crippen LogP contribution in [-0.2, 0) is 0 Å². The highest BCUT2D eigenvalue weighted by Gasteiger charge is 2.53. The van der Waals surface area contributed by atoms with Gasteiger partial charge in [0.15, 0.2) is 0 Å². The second-order valence-electron chi connectivity index (χ2n) is 6.96. The summed E-state index contributed by atoms with van der Waals surface area (Å²) in [5.74, 6) is 2.68. The summed E-state index contributed by atoms with van der Waals surface area (Å²) in [6, 6.07) is 0. The Balaban J connectivity index is 2.51. The molecule has 0 nitrogen and oxygen atoms in total. The second kappa shape index (κ2) is 3.54. The topological polar surface area (TPSA) is 0 Å². The zero-order chi connectivity index (χ0) is 11.1. The normalized spacial score (nSPS) is 31.3. The van der Waals surface area contributed by atoms with Crippen LogP contribution in [0.2, 0.25) is 0 Å². The van der Waals surface area contributed by atoms with Crippen molar-refractivity contribution in [3.63, 3.8) is 0 Å². The van der Waals surface area contributed by atoms with Gasteiger partial charge in [-0.05, 0) is 41.4 Å². The van der Waals surface area contributed by atoms with Crippen LogP contribution >= 0.6 is 0 Å². The van der Waals surface area contributed by atoms with Gasteiger partial charge < -0.3 is 0 Å². The summed E-state index contributed by atoms with van der Waals surface area (Å²) < 4.78 is 0. The molecule has 0 bridgehead atoms. The zero-order valence-corrected chi connectivity index (χ0v) is 11.1. The lowest BCUT2D eigenvalue weighted by Gasteiger charge is -2.60. The molecule has 0 amide bonds. The van der Waals surface area contributed by atoms with Crippen LogP contribution in [0, 0.1) is 28.6 Å². The first kappa shape index (κ1) is 12.1. The first-order valence-corrected chi connectivity index (χ1v) is 6.18. The minimum atomic E-state index is 0.552. The molecule has 2 atom stereocenters. The van der Waals surface area contributed by atoms with E-state index < -0.39 is 0 Å². The first-order valence-electron chi connectivity index (χ1n) is 6.18. The van der Waals surface area contributed by atoms with Crippen LogP contribution in [-0.4, -0.2) is 0 Å². The van der Waals surface area contributed by atoms with Gasteiger partial charge in [-0.1, -0.05) is 48.5 Å². The molecule has 0 aromatic rings. The summed E-state index contributed by atoms with van der Waals surface area (Å²) in [5.41, 5.74) is 1.12. The number of rotatable bonds is 3. The van der Waals surface area contributed by atoms with Gasteiger partial charge in [0.25, 0.3) is 0 Å². The van der Waals surface area contributed by atoms with Gasteiger partial charge in [-0.2, -0.15) is 0 Å². The fourth-order valence-electron chi connectivity index (χ4n) is 2.65. The van der Waals surface area contributed by atoms with Crippen molar-refractivity contribution < 1.29 is 0 Å². The van der Waals surface area contributed by atoms with E-state index in [1.165, 1.54) is 12.8 Å².